The van der Waals surface area contributed by atoms with Crippen LogP contribution in [-0.4, -0.2) is 40.5 Å². The minimum Gasteiger partial charge on any atom is -0.378 e. The van der Waals surface area contributed by atoms with Crippen LogP contribution >= 0.6 is 11.8 Å². The van der Waals surface area contributed by atoms with Crippen molar-refractivity contribution in [2.75, 3.05) is 30.8 Å². The summed E-state index contributed by atoms with van der Waals surface area (Å²) in [5.41, 5.74) is -0.289. The third kappa shape index (κ3) is 4.72. The molecule has 1 aromatic heterocycles. The van der Waals surface area contributed by atoms with Crippen LogP contribution < -0.4 is 11.0 Å². The Balaban J connectivity index is 1.92. The van der Waals surface area contributed by atoms with Gasteiger partial charge in [0.1, 0.15) is 17.5 Å². The molecule has 2 atom stereocenters. The summed E-state index contributed by atoms with van der Waals surface area (Å²) in [4.78, 5) is 16.1. The first kappa shape index (κ1) is 16.3. The Hall–Kier alpha value is -1.05. The van der Waals surface area contributed by atoms with Crippen LogP contribution in [0.25, 0.3) is 0 Å². The predicted molar refractivity (Wildman–Crippen MR) is 84.8 cm³/mol. The Bertz CT molecular complexity index is 495. The van der Waals surface area contributed by atoms with E-state index in [4.69, 9.17) is 9.47 Å². The number of thioether (sulfide) groups is 1. The van der Waals surface area contributed by atoms with E-state index in [0.29, 0.717) is 12.4 Å². The second kappa shape index (κ2) is 8.41. The van der Waals surface area contributed by atoms with Crippen molar-refractivity contribution in [2.45, 2.75) is 38.4 Å². The molecule has 118 valence electrons. The summed E-state index contributed by atoms with van der Waals surface area (Å²) in [6.07, 6.45) is 3.47. The smallest absolute Gasteiger partial charge is 0.351 e. The molecule has 0 spiro atoms. The van der Waals surface area contributed by atoms with Crippen LogP contribution in [-0.2, 0) is 9.47 Å². The zero-order valence-corrected chi connectivity index (χ0v) is 13.4. The van der Waals surface area contributed by atoms with Gasteiger partial charge in [0.05, 0.1) is 6.61 Å². The van der Waals surface area contributed by atoms with E-state index in [1.54, 1.807) is 22.5 Å². The number of nitrogens with one attached hydrogen (secondary N) is 1. The van der Waals surface area contributed by atoms with Gasteiger partial charge in [-0.2, -0.15) is 4.98 Å². The van der Waals surface area contributed by atoms with Gasteiger partial charge in [0.25, 0.3) is 0 Å². The Morgan fingerprint density at radius 1 is 1.52 bits per heavy atom. The van der Waals surface area contributed by atoms with Crippen LogP contribution in [0.1, 0.15) is 32.9 Å². The van der Waals surface area contributed by atoms with Gasteiger partial charge in [0.2, 0.25) is 0 Å². The number of hydrogen-bond donors (Lipinski definition) is 1. The zero-order chi connectivity index (χ0) is 15.1. The monoisotopic (exact) mass is 313 g/mol. The minimum absolute atomic E-state index is 0.00802. The van der Waals surface area contributed by atoms with Crippen molar-refractivity contribution in [3.05, 3.63) is 22.7 Å². The number of ether oxygens (including phenoxy) is 2. The topological polar surface area (TPSA) is 65.4 Å². The Kier molecular flexibility index (Phi) is 6.53. The van der Waals surface area contributed by atoms with Crippen molar-refractivity contribution in [2.24, 2.45) is 0 Å². The van der Waals surface area contributed by atoms with E-state index in [0.717, 1.165) is 31.7 Å². The van der Waals surface area contributed by atoms with Crippen LogP contribution in [0.15, 0.2) is 17.1 Å². The van der Waals surface area contributed by atoms with Crippen LogP contribution in [0.2, 0.25) is 0 Å². The molecule has 1 fully saturated rings. The summed E-state index contributed by atoms with van der Waals surface area (Å²) in [5.74, 6) is 1.36. The summed E-state index contributed by atoms with van der Waals surface area (Å²) in [5, 5.41) is 3.11. The number of aromatic nitrogens is 2. The minimum atomic E-state index is -0.281. The molecular weight excluding hydrogens is 290 g/mol. The van der Waals surface area contributed by atoms with Crippen molar-refractivity contribution in [1.29, 1.82) is 0 Å². The molecule has 0 amide bonds. The molecule has 0 unspecified atom stereocenters. The Morgan fingerprint density at radius 2 is 2.38 bits per heavy atom. The number of nitrogens with zero attached hydrogens (tertiary/aromatic N) is 2. The highest BCUT2D eigenvalue weighted by Gasteiger charge is 2.28. The number of rotatable bonds is 8. The summed E-state index contributed by atoms with van der Waals surface area (Å²) < 4.78 is 12.9. The third-order valence-electron chi connectivity index (χ3n) is 3.03. The molecule has 1 N–H and O–H groups in total. The fourth-order valence-electron chi connectivity index (χ4n) is 1.98. The highest BCUT2D eigenvalue weighted by molar-refractivity contribution is 8.00. The average molecular weight is 313 g/mol. The van der Waals surface area contributed by atoms with Crippen molar-refractivity contribution in [1.82, 2.24) is 9.55 Å². The molecule has 2 heterocycles. The highest BCUT2D eigenvalue weighted by Crippen LogP contribution is 2.31. The van der Waals surface area contributed by atoms with Gasteiger partial charge >= 0.3 is 5.69 Å². The lowest BCUT2D eigenvalue weighted by Gasteiger charge is -2.15. The van der Waals surface area contributed by atoms with Crippen LogP contribution in [0.5, 0.6) is 0 Å². The van der Waals surface area contributed by atoms with Gasteiger partial charge < -0.3 is 14.8 Å². The summed E-state index contributed by atoms with van der Waals surface area (Å²) >= 11 is 1.67. The van der Waals surface area contributed by atoms with E-state index in [9.17, 15) is 4.79 Å². The molecule has 1 aromatic rings. The lowest BCUT2D eigenvalue weighted by Crippen LogP contribution is -2.29. The molecular formula is C14H23N3O3S. The van der Waals surface area contributed by atoms with Gasteiger partial charge in [-0.3, -0.25) is 4.57 Å². The van der Waals surface area contributed by atoms with Crippen molar-refractivity contribution in [3.8, 4) is 0 Å². The van der Waals surface area contributed by atoms with Crippen molar-refractivity contribution >= 4 is 17.6 Å². The molecule has 7 heteroatoms. The molecule has 0 radical (unpaired) electrons. The summed E-state index contributed by atoms with van der Waals surface area (Å²) in [6.45, 7) is 6.25. The van der Waals surface area contributed by atoms with Gasteiger partial charge in [-0.15, -0.1) is 11.8 Å². The van der Waals surface area contributed by atoms with Gasteiger partial charge in [-0.1, -0.05) is 13.8 Å². The third-order valence-corrected chi connectivity index (χ3v) is 4.13. The molecule has 1 aliphatic heterocycles. The molecule has 1 aliphatic rings. The van der Waals surface area contributed by atoms with Crippen molar-refractivity contribution < 1.29 is 9.47 Å². The second-order valence-electron chi connectivity index (χ2n) is 4.86. The fraction of sp³-hybridized carbons (Fsp3) is 0.714. The van der Waals surface area contributed by atoms with Gasteiger partial charge in [-0.25, -0.2) is 4.79 Å². The first-order valence-corrected chi connectivity index (χ1v) is 8.47. The van der Waals surface area contributed by atoms with Gasteiger partial charge in [0, 0.05) is 25.1 Å². The standard InChI is InChI=1S/C14H23N3O3S/c1-3-6-15-11-5-7-17(14(18)16-11)12-10-21-13(20-12)9-19-8-4-2/h5,7,12-13H,3-4,6,8-10H2,1-2H3,(H,15,16,18)/t12-,13+/m0/s1. The maximum absolute atomic E-state index is 12.0. The Labute approximate surface area is 129 Å². The molecule has 6 nitrogen and oxygen atoms in total. The molecule has 2 rings (SSSR count). The highest BCUT2D eigenvalue weighted by atomic mass is 32.2. The van der Waals surface area contributed by atoms with E-state index < -0.39 is 0 Å². The molecule has 0 bridgehead atoms. The molecule has 1 saturated heterocycles. The molecule has 0 aliphatic carbocycles. The van der Waals surface area contributed by atoms with Crippen LogP contribution in [0, 0.1) is 0 Å². The van der Waals surface area contributed by atoms with E-state index in [-0.39, 0.29) is 17.4 Å². The lowest BCUT2D eigenvalue weighted by atomic mass is 10.4. The number of hydrogen-bond acceptors (Lipinski definition) is 6. The lowest BCUT2D eigenvalue weighted by molar-refractivity contribution is -0.0245. The van der Waals surface area contributed by atoms with E-state index in [1.807, 2.05) is 6.07 Å². The molecule has 21 heavy (non-hydrogen) atoms. The number of anilines is 1. The SMILES string of the molecule is CCCNc1ccn([C@@H]2CS[C@H](COCCC)O2)c(=O)n1. The summed E-state index contributed by atoms with van der Waals surface area (Å²) in [7, 11) is 0. The average Bonchev–Trinajstić information content (AvgIpc) is 2.94. The zero-order valence-electron chi connectivity index (χ0n) is 12.6. The maximum Gasteiger partial charge on any atom is 0.351 e. The van der Waals surface area contributed by atoms with E-state index in [1.165, 1.54) is 0 Å². The van der Waals surface area contributed by atoms with Crippen LogP contribution in [0.4, 0.5) is 5.82 Å². The second-order valence-corrected chi connectivity index (χ2v) is 6.05. The fourth-order valence-corrected chi connectivity index (χ4v) is 3.00. The quantitative estimate of drug-likeness (QED) is 0.741. The van der Waals surface area contributed by atoms with Crippen molar-refractivity contribution in [3.63, 3.8) is 0 Å². The van der Waals surface area contributed by atoms with Gasteiger partial charge in [-0.05, 0) is 18.9 Å². The van der Waals surface area contributed by atoms with E-state index >= 15 is 0 Å². The Morgan fingerprint density at radius 3 is 3.10 bits per heavy atom. The first-order chi connectivity index (χ1) is 10.2. The summed E-state index contributed by atoms with van der Waals surface area (Å²) in [6, 6.07) is 1.81. The largest absolute Gasteiger partial charge is 0.378 e. The van der Waals surface area contributed by atoms with E-state index in [2.05, 4.69) is 24.1 Å². The van der Waals surface area contributed by atoms with Gasteiger partial charge in [0.15, 0.2) is 0 Å². The maximum atomic E-state index is 12.0. The molecule has 0 aromatic carbocycles. The predicted octanol–water partition coefficient (Wildman–Crippen LogP) is 2.08. The normalized spacial score (nSPS) is 21.6. The van der Waals surface area contributed by atoms with Crippen LogP contribution in [0.3, 0.4) is 0 Å². The first-order valence-electron chi connectivity index (χ1n) is 7.42. The molecule has 0 saturated carbocycles.